The van der Waals surface area contributed by atoms with Crippen molar-refractivity contribution in [3.8, 4) is 0 Å². The van der Waals surface area contributed by atoms with E-state index in [1.54, 1.807) is 33.0 Å². The molecule has 3 rings (SSSR count). The molecule has 2 amide bonds. The van der Waals surface area contributed by atoms with E-state index in [1.807, 2.05) is 20.8 Å². The molecule has 0 saturated carbocycles. The van der Waals surface area contributed by atoms with Crippen LogP contribution in [0.1, 0.15) is 77.0 Å². The minimum atomic E-state index is -0.689. The van der Waals surface area contributed by atoms with Gasteiger partial charge in [0.2, 0.25) is 5.91 Å². The van der Waals surface area contributed by atoms with E-state index in [-0.39, 0.29) is 42.0 Å². The van der Waals surface area contributed by atoms with Gasteiger partial charge in [-0.2, -0.15) is 0 Å². The largest absolute Gasteiger partial charge is 0.460 e. The van der Waals surface area contributed by atoms with Gasteiger partial charge in [0.1, 0.15) is 17.0 Å². The third-order valence-electron chi connectivity index (χ3n) is 4.88. The number of esters is 2. The predicted octanol–water partition coefficient (Wildman–Crippen LogP) is 2.83. The summed E-state index contributed by atoms with van der Waals surface area (Å²) in [6.45, 7) is 10.7. The molecular weight excluding hydrogens is 532 g/mol. The first-order valence-corrected chi connectivity index (χ1v) is 12.8. The second-order valence-corrected chi connectivity index (χ2v) is 10.9. The maximum atomic E-state index is 11.8. The number of pyridine rings is 2. The average Bonchev–Trinajstić information content (AvgIpc) is 2.85. The molecular formula is C28H36N6O7. The smallest absolute Gasteiger partial charge is 0.306 e. The summed E-state index contributed by atoms with van der Waals surface area (Å²) >= 11 is 0. The number of nitrogens with two attached hydrogens (primary N) is 1. The number of hydrogen-bond donors (Lipinski definition) is 3. The second-order valence-electron chi connectivity index (χ2n) is 10.9. The van der Waals surface area contributed by atoms with Gasteiger partial charge in [-0.15, -0.1) is 0 Å². The van der Waals surface area contributed by atoms with Crippen LogP contribution in [0, 0.1) is 0 Å². The van der Waals surface area contributed by atoms with Crippen LogP contribution in [0.2, 0.25) is 0 Å². The highest BCUT2D eigenvalue weighted by atomic mass is 16.6. The quantitative estimate of drug-likeness (QED) is 0.340. The first-order valence-electron chi connectivity index (χ1n) is 12.8. The minimum Gasteiger partial charge on any atom is -0.460 e. The average molecular weight is 569 g/mol. The van der Waals surface area contributed by atoms with Crippen molar-refractivity contribution in [3.63, 3.8) is 0 Å². The minimum absolute atomic E-state index is 0.0416. The summed E-state index contributed by atoms with van der Waals surface area (Å²) in [5.41, 5.74) is 4.79. The highest BCUT2D eigenvalue weighted by molar-refractivity contribution is 6.03. The number of ether oxygens (including phenoxy) is 2. The lowest BCUT2D eigenvalue weighted by Gasteiger charge is -2.19. The van der Waals surface area contributed by atoms with E-state index >= 15 is 0 Å². The molecule has 0 aliphatic heterocycles. The summed E-state index contributed by atoms with van der Waals surface area (Å²) in [5, 5.41) is 2.96. The molecule has 0 atom stereocenters. The Balaban J connectivity index is 0.000000287. The van der Waals surface area contributed by atoms with Gasteiger partial charge in [0.05, 0.1) is 35.0 Å². The zero-order valence-electron chi connectivity index (χ0n) is 24.1. The van der Waals surface area contributed by atoms with Gasteiger partial charge in [0.25, 0.3) is 11.5 Å². The van der Waals surface area contributed by atoms with Gasteiger partial charge in [-0.3, -0.25) is 33.9 Å². The molecule has 3 heterocycles. The number of primary amides is 1. The molecule has 4 N–H and O–H groups in total. The molecule has 13 heteroatoms. The third kappa shape index (κ3) is 11.9. The number of amides is 2. The van der Waals surface area contributed by atoms with Crippen molar-refractivity contribution in [1.82, 2.24) is 19.9 Å². The van der Waals surface area contributed by atoms with Gasteiger partial charge < -0.3 is 25.5 Å². The molecule has 0 unspecified atom stereocenters. The Morgan fingerprint density at radius 2 is 1.46 bits per heavy atom. The first-order chi connectivity index (χ1) is 19.0. The Bertz CT molecular complexity index is 1450. The summed E-state index contributed by atoms with van der Waals surface area (Å²) in [4.78, 5) is 72.5. The van der Waals surface area contributed by atoms with E-state index in [9.17, 15) is 24.0 Å². The highest BCUT2D eigenvalue weighted by Gasteiger charge is 2.18. The van der Waals surface area contributed by atoms with Crippen LogP contribution in [0.25, 0.3) is 10.9 Å². The molecule has 0 aliphatic rings. The number of nitrogens with zero attached hydrogens (tertiary/aromatic N) is 3. The standard InChI is InChI=1S/C14H19N3O4.C14H17N3O3/c1-14(2,3)21-12(19)5-4-11(18)17-10-6-7-16-8-9(10)13(15)20;1-14(2,3)20-12(18)5-4-11-16-10-6-7-15-8-9(10)13(19)17-11/h6-8H,4-5H2,1-3H3,(H2,15,20)(H,16,17,18);6-8H,4-5H2,1-3H3,(H,16,17,19). The van der Waals surface area contributed by atoms with Gasteiger partial charge >= 0.3 is 11.9 Å². The fraction of sp³-hybridized carbons (Fsp3) is 0.429. The molecule has 0 spiro atoms. The monoisotopic (exact) mass is 568 g/mol. The molecule has 0 radical (unpaired) electrons. The Morgan fingerprint density at radius 3 is 2.07 bits per heavy atom. The van der Waals surface area contributed by atoms with E-state index < -0.39 is 29.0 Å². The number of hydrogen-bond acceptors (Lipinski definition) is 10. The van der Waals surface area contributed by atoms with Crippen LogP contribution < -0.4 is 16.6 Å². The number of nitrogens with one attached hydrogen (secondary N) is 2. The Hall–Kier alpha value is -4.68. The van der Waals surface area contributed by atoms with E-state index in [2.05, 4.69) is 25.3 Å². The molecule has 0 bridgehead atoms. The van der Waals surface area contributed by atoms with Crippen LogP contribution >= 0.6 is 0 Å². The fourth-order valence-corrected chi connectivity index (χ4v) is 3.28. The van der Waals surface area contributed by atoms with Crippen molar-refractivity contribution in [1.29, 1.82) is 0 Å². The van der Waals surface area contributed by atoms with Crippen LogP contribution in [-0.2, 0) is 30.3 Å². The van der Waals surface area contributed by atoms with Gasteiger partial charge in [0, 0.05) is 37.6 Å². The number of anilines is 1. The number of fused-ring (bicyclic) bond motifs is 1. The summed E-state index contributed by atoms with van der Waals surface area (Å²) < 4.78 is 10.3. The van der Waals surface area contributed by atoms with E-state index in [4.69, 9.17) is 15.2 Å². The summed E-state index contributed by atoms with van der Waals surface area (Å²) in [5.74, 6) is -1.39. The fourth-order valence-electron chi connectivity index (χ4n) is 3.28. The second kappa shape index (κ2) is 14.1. The highest BCUT2D eigenvalue weighted by Crippen LogP contribution is 2.14. The van der Waals surface area contributed by atoms with E-state index in [0.717, 1.165) is 0 Å². The number of carbonyl (C=O) groups excluding carboxylic acids is 4. The molecule has 220 valence electrons. The maximum Gasteiger partial charge on any atom is 0.306 e. The molecule has 13 nitrogen and oxygen atoms in total. The Morgan fingerprint density at radius 1 is 0.878 bits per heavy atom. The van der Waals surface area contributed by atoms with E-state index in [0.29, 0.717) is 23.1 Å². The SMILES string of the molecule is CC(C)(C)OC(=O)CCC(=O)Nc1ccncc1C(N)=O.CC(C)(C)OC(=O)CCc1nc2ccncc2c(=O)[nH]1. The third-order valence-corrected chi connectivity index (χ3v) is 4.88. The van der Waals surface area contributed by atoms with Crippen molar-refractivity contribution < 1.29 is 28.7 Å². The van der Waals surface area contributed by atoms with Gasteiger partial charge in [-0.1, -0.05) is 0 Å². The zero-order valence-corrected chi connectivity index (χ0v) is 24.1. The number of aromatic nitrogens is 4. The topological polar surface area (TPSA) is 196 Å². The molecule has 0 fully saturated rings. The lowest BCUT2D eigenvalue weighted by molar-refractivity contribution is -0.156. The molecule has 0 aromatic carbocycles. The molecule has 3 aromatic heterocycles. The predicted molar refractivity (Wildman–Crippen MR) is 151 cm³/mol. The molecule has 0 aliphatic carbocycles. The molecule has 3 aromatic rings. The Labute approximate surface area is 237 Å². The maximum absolute atomic E-state index is 11.8. The van der Waals surface area contributed by atoms with Gasteiger partial charge in [0.15, 0.2) is 0 Å². The van der Waals surface area contributed by atoms with Crippen LogP contribution in [0.5, 0.6) is 0 Å². The molecule has 0 saturated heterocycles. The molecule has 41 heavy (non-hydrogen) atoms. The Kier molecular flexibility index (Phi) is 11.2. The number of aryl methyl sites for hydroxylation is 1. The normalized spacial score (nSPS) is 11.2. The zero-order chi connectivity index (χ0) is 30.8. The number of carbonyl (C=O) groups is 4. The van der Waals surface area contributed by atoms with Gasteiger partial charge in [-0.25, -0.2) is 4.98 Å². The number of aromatic amines is 1. The lowest BCUT2D eigenvalue weighted by atomic mass is 10.2. The summed E-state index contributed by atoms with van der Waals surface area (Å²) in [6.07, 6.45) is 6.17. The van der Waals surface area contributed by atoms with Crippen molar-refractivity contribution in [2.45, 2.75) is 78.4 Å². The van der Waals surface area contributed by atoms with Crippen LogP contribution in [0.15, 0.2) is 41.7 Å². The lowest BCUT2D eigenvalue weighted by Crippen LogP contribution is -2.25. The van der Waals surface area contributed by atoms with Crippen LogP contribution in [-0.4, -0.2) is 54.9 Å². The van der Waals surface area contributed by atoms with Crippen molar-refractivity contribution >= 4 is 40.3 Å². The van der Waals surface area contributed by atoms with Crippen LogP contribution in [0.4, 0.5) is 5.69 Å². The summed E-state index contributed by atoms with van der Waals surface area (Å²) in [6, 6.07) is 3.13. The first kappa shape index (κ1) is 32.5. The number of H-pyrrole nitrogens is 1. The van der Waals surface area contributed by atoms with Crippen molar-refractivity contribution in [3.05, 3.63) is 58.7 Å². The van der Waals surface area contributed by atoms with Gasteiger partial charge in [-0.05, 0) is 53.7 Å². The van der Waals surface area contributed by atoms with Crippen LogP contribution in [0.3, 0.4) is 0 Å². The van der Waals surface area contributed by atoms with Crippen molar-refractivity contribution in [2.24, 2.45) is 5.73 Å². The summed E-state index contributed by atoms with van der Waals surface area (Å²) in [7, 11) is 0. The van der Waals surface area contributed by atoms with Crippen molar-refractivity contribution in [2.75, 3.05) is 5.32 Å². The van der Waals surface area contributed by atoms with E-state index in [1.165, 1.54) is 24.7 Å². The number of rotatable bonds is 8.